The minimum absolute atomic E-state index is 0. The van der Waals surface area contributed by atoms with Crippen LogP contribution in [0.4, 0.5) is 0 Å². The van der Waals surface area contributed by atoms with Gasteiger partial charge in [-0.25, -0.2) is 0 Å². The van der Waals surface area contributed by atoms with E-state index in [1.54, 1.807) is 0 Å². The second kappa shape index (κ2) is 77.9. The molecule has 0 bridgehead atoms. The summed E-state index contributed by atoms with van der Waals surface area (Å²) in [5.74, 6) is 0. The molecule has 6 heavy (non-hydrogen) atoms. The SMILES string of the molecule is [Co].[Co].[O]=[Fe].[O]=[Fe]. The summed E-state index contributed by atoms with van der Waals surface area (Å²) in [7, 11) is 0. The third-order valence-electron chi connectivity index (χ3n) is 0. The van der Waals surface area contributed by atoms with Crippen LogP contribution in [0.5, 0.6) is 0 Å². The molecule has 2 radical (unpaired) electrons. The van der Waals surface area contributed by atoms with Crippen LogP contribution in [0, 0.1) is 0 Å². The Kier molecular flexibility index (Phi) is 329. The molecular formula is Co2Fe2O2. The summed E-state index contributed by atoms with van der Waals surface area (Å²) in [4.78, 5) is 0. The Hall–Kier alpha value is 1.65. The molecule has 0 atom stereocenters. The van der Waals surface area contributed by atoms with Gasteiger partial charge in [-0.3, -0.25) is 0 Å². The molecule has 0 aromatic carbocycles. The van der Waals surface area contributed by atoms with Gasteiger partial charge in [-0.15, -0.1) is 0 Å². The van der Waals surface area contributed by atoms with Crippen molar-refractivity contribution in [2.75, 3.05) is 0 Å². The van der Waals surface area contributed by atoms with Crippen LogP contribution in [-0.4, -0.2) is 0 Å². The minimum atomic E-state index is 0. The van der Waals surface area contributed by atoms with Gasteiger partial charge in [0, 0.05) is 33.6 Å². The fourth-order valence-electron chi connectivity index (χ4n) is 0. The van der Waals surface area contributed by atoms with Crippen LogP contribution in [0.2, 0.25) is 0 Å². The summed E-state index contributed by atoms with van der Waals surface area (Å²) >= 11 is 4.00. The maximum absolute atomic E-state index is 8.00. The molecule has 0 aliphatic carbocycles. The molecule has 0 spiro atoms. The summed E-state index contributed by atoms with van der Waals surface area (Å²) in [5, 5.41) is 0. The number of hydrogen-bond acceptors (Lipinski definition) is 2. The van der Waals surface area contributed by atoms with Crippen molar-refractivity contribution in [1.82, 2.24) is 0 Å². The van der Waals surface area contributed by atoms with Crippen LogP contribution in [0.3, 0.4) is 0 Å². The molecule has 6 heteroatoms. The zero-order valence-corrected chi connectivity index (χ0v) is 6.48. The summed E-state index contributed by atoms with van der Waals surface area (Å²) in [6.07, 6.45) is 0. The third-order valence-corrected chi connectivity index (χ3v) is 0. The van der Waals surface area contributed by atoms with Gasteiger partial charge in [0.1, 0.15) is 0 Å². The first kappa shape index (κ1) is 25.4. The van der Waals surface area contributed by atoms with Gasteiger partial charge in [-0.05, 0) is 0 Å². The van der Waals surface area contributed by atoms with E-state index in [0.717, 1.165) is 0 Å². The van der Waals surface area contributed by atoms with Gasteiger partial charge < -0.3 is 0 Å². The van der Waals surface area contributed by atoms with Gasteiger partial charge in [0.2, 0.25) is 0 Å². The van der Waals surface area contributed by atoms with Crippen molar-refractivity contribution >= 4 is 0 Å². The van der Waals surface area contributed by atoms with E-state index in [1.807, 2.05) is 31.9 Å². The van der Waals surface area contributed by atoms with Gasteiger partial charge >= 0.3 is 39.6 Å². The average molecular weight is 262 g/mol. The van der Waals surface area contributed by atoms with E-state index < -0.39 is 0 Å². The summed E-state index contributed by atoms with van der Waals surface area (Å²) in [5.41, 5.74) is 0. The third kappa shape index (κ3) is 44.8. The Labute approximate surface area is 72.6 Å². The Balaban J connectivity index is -0.00000000500. The van der Waals surface area contributed by atoms with Crippen molar-refractivity contribution in [2.24, 2.45) is 0 Å². The van der Waals surface area contributed by atoms with Crippen LogP contribution in [-0.2, 0) is 73.1 Å². The van der Waals surface area contributed by atoms with Gasteiger partial charge in [0.25, 0.3) is 0 Å². The average Bonchev–Trinajstić information content (AvgIpc) is 1.50. The normalized spacial score (nSPS) is 1.67. The molecule has 0 aromatic rings. The van der Waals surface area contributed by atoms with E-state index in [-0.39, 0.29) is 33.6 Å². The molecule has 0 fully saturated rings. The van der Waals surface area contributed by atoms with E-state index in [1.165, 1.54) is 0 Å². The molecule has 0 N–H and O–H groups in total. The maximum atomic E-state index is 8.00. The Morgan fingerprint density at radius 2 is 0.667 bits per heavy atom. The topological polar surface area (TPSA) is 34.1 Å². The fraction of sp³-hybridized carbons (Fsp3) is 0. The summed E-state index contributed by atoms with van der Waals surface area (Å²) in [6, 6.07) is 0. The van der Waals surface area contributed by atoms with Crippen molar-refractivity contribution in [3.63, 3.8) is 0 Å². The first-order valence-corrected chi connectivity index (χ1v) is 1.19. The zero-order chi connectivity index (χ0) is 4.00. The first-order chi connectivity index (χ1) is 2.00. The van der Waals surface area contributed by atoms with Crippen LogP contribution in [0.25, 0.3) is 0 Å². The Morgan fingerprint density at radius 1 is 0.667 bits per heavy atom. The van der Waals surface area contributed by atoms with Gasteiger partial charge in [-0.1, -0.05) is 0 Å². The number of rotatable bonds is 0. The Morgan fingerprint density at radius 3 is 0.667 bits per heavy atom. The second-order valence-corrected chi connectivity index (χ2v) is 0. The van der Waals surface area contributed by atoms with Crippen LogP contribution in [0.15, 0.2) is 0 Å². The van der Waals surface area contributed by atoms with Gasteiger partial charge in [0.15, 0.2) is 0 Å². The molecular weight excluding hydrogens is 262 g/mol. The van der Waals surface area contributed by atoms with E-state index in [4.69, 9.17) is 7.67 Å². The molecule has 0 unspecified atom stereocenters. The molecule has 0 heterocycles. The first-order valence-electron chi connectivity index (χ1n) is 0.289. The molecule has 2 nitrogen and oxygen atoms in total. The quantitative estimate of drug-likeness (QED) is 0.564. The van der Waals surface area contributed by atoms with Gasteiger partial charge in [-0.2, -0.15) is 0 Å². The molecule has 0 aliphatic rings. The van der Waals surface area contributed by atoms with Crippen molar-refractivity contribution < 1.29 is 73.1 Å². The van der Waals surface area contributed by atoms with Crippen molar-refractivity contribution in [3.8, 4) is 0 Å². The van der Waals surface area contributed by atoms with Crippen LogP contribution < -0.4 is 0 Å². The fourth-order valence-corrected chi connectivity index (χ4v) is 0. The standard InChI is InChI=1S/2Co.2Fe.2O. The van der Waals surface area contributed by atoms with Crippen molar-refractivity contribution in [1.29, 1.82) is 0 Å². The van der Waals surface area contributed by atoms with Crippen LogP contribution >= 0.6 is 0 Å². The molecule has 46 valence electrons. The van der Waals surface area contributed by atoms with Crippen LogP contribution in [0.1, 0.15) is 0 Å². The summed E-state index contributed by atoms with van der Waals surface area (Å²) < 4.78 is 16.0. The molecule has 0 aliphatic heterocycles. The predicted octanol–water partition coefficient (Wildman–Crippen LogP) is -0.248. The predicted molar refractivity (Wildman–Crippen MR) is 1.37 cm³/mol. The molecule has 0 aromatic heterocycles. The zero-order valence-electron chi connectivity index (χ0n) is 2.19. The van der Waals surface area contributed by atoms with Crippen molar-refractivity contribution in [2.45, 2.75) is 0 Å². The van der Waals surface area contributed by atoms with E-state index >= 15 is 0 Å². The molecule has 0 saturated carbocycles. The molecule has 0 rings (SSSR count). The monoisotopic (exact) mass is 262 g/mol. The number of hydrogen-bond donors (Lipinski definition) is 0. The van der Waals surface area contributed by atoms with E-state index in [2.05, 4.69) is 0 Å². The second-order valence-electron chi connectivity index (χ2n) is 0. The van der Waals surface area contributed by atoms with Gasteiger partial charge in [0.05, 0.1) is 0 Å². The van der Waals surface area contributed by atoms with E-state index in [9.17, 15) is 0 Å². The van der Waals surface area contributed by atoms with Crippen molar-refractivity contribution in [3.05, 3.63) is 0 Å². The molecule has 0 saturated heterocycles. The Bertz CT molecular complexity index is 11.5. The molecule has 0 amide bonds. The summed E-state index contributed by atoms with van der Waals surface area (Å²) in [6.45, 7) is 0. The van der Waals surface area contributed by atoms with E-state index in [0.29, 0.717) is 0 Å².